The number of aryl methyl sites for hydroxylation is 1. The Balaban J connectivity index is 1.85. The summed E-state index contributed by atoms with van der Waals surface area (Å²) >= 11 is 0. The number of aromatic nitrogens is 1. The molecule has 168 valence electrons. The summed E-state index contributed by atoms with van der Waals surface area (Å²) in [5, 5.41) is 2.74. The van der Waals surface area contributed by atoms with Crippen LogP contribution in [0.15, 0.2) is 52.0 Å². The average molecular weight is 438 g/mol. The van der Waals surface area contributed by atoms with Crippen LogP contribution >= 0.6 is 0 Å². The predicted molar refractivity (Wildman–Crippen MR) is 120 cm³/mol. The Hall–Kier alpha value is -3.68. The summed E-state index contributed by atoms with van der Waals surface area (Å²) in [5.41, 5.74) is 0.961. The highest BCUT2D eigenvalue weighted by Gasteiger charge is 2.19. The molecule has 0 bridgehead atoms. The number of pyridine rings is 1. The van der Waals surface area contributed by atoms with Crippen molar-refractivity contribution in [3.63, 3.8) is 0 Å². The van der Waals surface area contributed by atoms with E-state index in [1.807, 2.05) is 6.92 Å². The van der Waals surface area contributed by atoms with E-state index in [4.69, 9.17) is 13.9 Å². The molecule has 1 amide bonds. The molecule has 0 saturated carbocycles. The van der Waals surface area contributed by atoms with Crippen molar-refractivity contribution in [2.45, 2.75) is 46.1 Å². The minimum absolute atomic E-state index is 0.216. The second-order valence-corrected chi connectivity index (χ2v) is 8.23. The zero-order valence-electron chi connectivity index (χ0n) is 18.6. The average Bonchev–Trinajstić information content (AvgIpc) is 2.73. The third-order valence-electron chi connectivity index (χ3n) is 4.42. The zero-order chi connectivity index (χ0) is 23.3. The Kier molecular flexibility index (Phi) is 6.92. The van der Waals surface area contributed by atoms with Crippen molar-refractivity contribution in [1.29, 1.82) is 0 Å². The van der Waals surface area contributed by atoms with Gasteiger partial charge in [0.2, 0.25) is 5.43 Å². The van der Waals surface area contributed by atoms with Crippen LogP contribution in [0, 0.1) is 0 Å². The Bertz CT molecular complexity index is 1180. The lowest BCUT2D eigenvalue weighted by Gasteiger charge is -2.19. The third kappa shape index (κ3) is 5.72. The van der Waals surface area contributed by atoms with E-state index in [0.717, 1.165) is 6.42 Å². The number of alkyl carbamates (subject to hydrolysis) is 1. The number of amides is 1. The first-order valence-corrected chi connectivity index (χ1v) is 10.4. The molecule has 3 rings (SSSR count). The van der Waals surface area contributed by atoms with Crippen molar-refractivity contribution in [3.8, 4) is 17.0 Å². The van der Waals surface area contributed by atoms with Crippen LogP contribution < -0.4 is 15.5 Å². The number of ether oxygens (including phenoxy) is 2. The zero-order valence-corrected chi connectivity index (χ0v) is 18.6. The second kappa shape index (κ2) is 9.64. The van der Waals surface area contributed by atoms with Gasteiger partial charge in [-0.25, -0.2) is 9.59 Å². The maximum absolute atomic E-state index is 13.0. The monoisotopic (exact) mass is 438 g/mol. The lowest BCUT2D eigenvalue weighted by Crippen LogP contribution is -2.36. The number of rotatable bonds is 6. The molecule has 2 heterocycles. The Morgan fingerprint density at radius 1 is 1.19 bits per heavy atom. The SMILES string of the molecule is CCCc1cc2c(=O)c(-c3ccccn3)coc2cc1OC(=O)CNC(=O)OC(C)(C)C. The number of esters is 1. The topological polar surface area (TPSA) is 108 Å². The van der Waals surface area contributed by atoms with Crippen LogP contribution in [0.5, 0.6) is 5.75 Å². The van der Waals surface area contributed by atoms with E-state index in [1.165, 1.54) is 12.3 Å². The van der Waals surface area contributed by atoms with E-state index in [9.17, 15) is 14.4 Å². The number of hydrogen-bond acceptors (Lipinski definition) is 7. The number of carbonyl (C=O) groups is 2. The van der Waals surface area contributed by atoms with Gasteiger partial charge in [-0.3, -0.25) is 9.78 Å². The molecule has 0 unspecified atom stereocenters. The smallest absolute Gasteiger partial charge is 0.408 e. The molecule has 0 atom stereocenters. The number of nitrogens with one attached hydrogen (secondary N) is 1. The minimum atomic E-state index is -0.713. The van der Waals surface area contributed by atoms with Gasteiger partial charge in [-0.2, -0.15) is 0 Å². The van der Waals surface area contributed by atoms with Gasteiger partial charge in [0.15, 0.2) is 0 Å². The van der Waals surface area contributed by atoms with Gasteiger partial charge < -0.3 is 19.2 Å². The van der Waals surface area contributed by atoms with Crippen LogP contribution in [0.1, 0.15) is 39.7 Å². The van der Waals surface area contributed by atoms with Crippen molar-refractivity contribution in [2.75, 3.05) is 6.54 Å². The van der Waals surface area contributed by atoms with E-state index in [2.05, 4.69) is 10.3 Å². The first-order chi connectivity index (χ1) is 15.2. The van der Waals surface area contributed by atoms with Crippen molar-refractivity contribution in [1.82, 2.24) is 10.3 Å². The summed E-state index contributed by atoms with van der Waals surface area (Å²) in [6, 6.07) is 8.50. The van der Waals surface area contributed by atoms with Gasteiger partial charge in [-0.1, -0.05) is 19.4 Å². The fourth-order valence-electron chi connectivity index (χ4n) is 3.08. The summed E-state index contributed by atoms with van der Waals surface area (Å²) in [7, 11) is 0. The quantitative estimate of drug-likeness (QED) is 0.453. The first kappa shape index (κ1) is 23.0. The molecule has 0 fully saturated rings. The molecule has 0 saturated heterocycles. The Morgan fingerprint density at radius 3 is 2.62 bits per heavy atom. The Morgan fingerprint density at radius 2 is 1.97 bits per heavy atom. The van der Waals surface area contributed by atoms with Crippen LogP contribution in [0.4, 0.5) is 4.79 Å². The standard InChI is InChI=1S/C24H26N2O6/c1-5-8-15-11-16-20(30-14-17(22(16)28)18-9-6-7-10-25-18)12-19(15)31-21(27)13-26-23(29)32-24(2,3)4/h6-7,9-12,14H,5,8,13H2,1-4H3,(H,26,29). The predicted octanol–water partition coefficient (Wildman–Crippen LogP) is 4.24. The van der Waals surface area contributed by atoms with Crippen LogP contribution in [-0.4, -0.2) is 29.2 Å². The highest BCUT2D eigenvalue weighted by molar-refractivity contribution is 5.85. The first-order valence-electron chi connectivity index (χ1n) is 10.4. The number of nitrogens with zero attached hydrogens (tertiary/aromatic N) is 1. The van der Waals surface area contributed by atoms with Gasteiger partial charge in [0.05, 0.1) is 16.6 Å². The van der Waals surface area contributed by atoms with Crippen molar-refractivity contribution >= 4 is 23.0 Å². The molecular formula is C24H26N2O6. The van der Waals surface area contributed by atoms with E-state index >= 15 is 0 Å². The molecule has 0 aliphatic heterocycles. The number of fused-ring (bicyclic) bond motifs is 1. The lowest BCUT2D eigenvalue weighted by molar-refractivity contribution is -0.133. The lowest BCUT2D eigenvalue weighted by atomic mass is 10.0. The summed E-state index contributed by atoms with van der Waals surface area (Å²) in [6.45, 7) is 6.80. The summed E-state index contributed by atoms with van der Waals surface area (Å²) in [5.74, 6) is -0.385. The fourth-order valence-corrected chi connectivity index (χ4v) is 3.08. The minimum Gasteiger partial charge on any atom is -0.463 e. The van der Waals surface area contributed by atoms with Gasteiger partial charge in [-0.05, 0) is 51.0 Å². The molecule has 8 heteroatoms. The molecule has 0 aliphatic rings. The fraction of sp³-hybridized carbons (Fsp3) is 0.333. The molecule has 1 aromatic carbocycles. The molecular weight excluding hydrogens is 412 g/mol. The van der Waals surface area contributed by atoms with Gasteiger partial charge in [0, 0.05) is 12.3 Å². The number of carbonyl (C=O) groups excluding carboxylic acids is 2. The largest absolute Gasteiger partial charge is 0.463 e. The number of benzene rings is 1. The van der Waals surface area contributed by atoms with Gasteiger partial charge in [0.25, 0.3) is 0 Å². The normalized spacial score (nSPS) is 11.2. The van der Waals surface area contributed by atoms with Gasteiger partial charge >= 0.3 is 12.1 Å². The Labute approximate surface area is 185 Å². The molecule has 8 nitrogen and oxygen atoms in total. The van der Waals surface area contributed by atoms with Crippen LogP contribution in [0.2, 0.25) is 0 Å². The van der Waals surface area contributed by atoms with Crippen molar-refractivity contribution < 1.29 is 23.5 Å². The van der Waals surface area contributed by atoms with Gasteiger partial charge in [0.1, 0.15) is 29.7 Å². The van der Waals surface area contributed by atoms with Crippen LogP contribution in [-0.2, 0) is 16.0 Å². The molecule has 0 spiro atoms. The molecule has 32 heavy (non-hydrogen) atoms. The number of hydrogen-bond donors (Lipinski definition) is 1. The van der Waals surface area contributed by atoms with E-state index in [1.54, 1.807) is 51.2 Å². The second-order valence-electron chi connectivity index (χ2n) is 8.23. The van der Waals surface area contributed by atoms with E-state index < -0.39 is 17.7 Å². The molecule has 1 N–H and O–H groups in total. The molecule has 0 aliphatic carbocycles. The summed E-state index contributed by atoms with van der Waals surface area (Å²) in [4.78, 5) is 41.3. The highest BCUT2D eigenvalue weighted by atomic mass is 16.6. The van der Waals surface area contributed by atoms with Crippen LogP contribution in [0.3, 0.4) is 0 Å². The third-order valence-corrected chi connectivity index (χ3v) is 4.42. The maximum atomic E-state index is 13.0. The maximum Gasteiger partial charge on any atom is 0.408 e. The molecule has 0 radical (unpaired) electrons. The van der Waals surface area contributed by atoms with E-state index in [0.29, 0.717) is 28.6 Å². The summed E-state index contributed by atoms with van der Waals surface area (Å²) < 4.78 is 16.2. The van der Waals surface area contributed by atoms with Crippen LogP contribution in [0.25, 0.3) is 22.2 Å². The molecule has 2 aromatic heterocycles. The van der Waals surface area contributed by atoms with Gasteiger partial charge in [-0.15, -0.1) is 0 Å². The van der Waals surface area contributed by atoms with Crippen molar-refractivity contribution in [3.05, 3.63) is 58.6 Å². The highest BCUT2D eigenvalue weighted by Crippen LogP contribution is 2.27. The molecule has 3 aromatic rings. The summed E-state index contributed by atoms with van der Waals surface area (Å²) in [6.07, 6.45) is 3.61. The van der Waals surface area contributed by atoms with Crippen molar-refractivity contribution in [2.24, 2.45) is 0 Å². The van der Waals surface area contributed by atoms with E-state index in [-0.39, 0.29) is 23.3 Å².